The van der Waals surface area contributed by atoms with E-state index in [4.69, 9.17) is 9.29 Å². The standard InChI is InChI=1S/C17H16N2O3S/c1-22-14-6-7-16-15(8-9-18-17(16)10-14)13-4-2-12(3-5-13)11-19-23(20)21/h2-10,19H,11H2,1H3,(H,20,21). The number of benzene rings is 2. The summed E-state index contributed by atoms with van der Waals surface area (Å²) in [6.07, 6.45) is 1.78. The lowest BCUT2D eigenvalue weighted by molar-refractivity contribution is 0.415. The van der Waals surface area contributed by atoms with Gasteiger partial charge in [-0.3, -0.25) is 9.54 Å². The van der Waals surface area contributed by atoms with E-state index in [2.05, 4.69) is 9.71 Å². The third-order valence-corrected chi connectivity index (χ3v) is 4.01. The minimum Gasteiger partial charge on any atom is -0.497 e. The normalized spacial score (nSPS) is 12.3. The van der Waals surface area contributed by atoms with Crippen molar-refractivity contribution in [2.24, 2.45) is 0 Å². The highest BCUT2D eigenvalue weighted by Crippen LogP contribution is 2.29. The summed E-state index contributed by atoms with van der Waals surface area (Å²) in [4.78, 5) is 4.39. The van der Waals surface area contributed by atoms with Crippen molar-refractivity contribution in [3.63, 3.8) is 0 Å². The number of nitrogens with one attached hydrogen (secondary N) is 1. The zero-order valence-corrected chi connectivity index (χ0v) is 13.3. The third-order valence-electron chi connectivity index (χ3n) is 3.61. The molecule has 0 saturated heterocycles. The second-order valence-electron chi connectivity index (χ2n) is 5.01. The fourth-order valence-electron chi connectivity index (χ4n) is 2.45. The van der Waals surface area contributed by atoms with Crippen molar-refractivity contribution >= 4 is 22.2 Å². The minimum absolute atomic E-state index is 0.345. The summed E-state index contributed by atoms with van der Waals surface area (Å²) in [5, 5.41) is 1.05. The molecule has 5 nitrogen and oxygen atoms in total. The fourth-order valence-corrected chi connectivity index (χ4v) is 2.74. The molecule has 0 spiro atoms. The lowest BCUT2D eigenvalue weighted by Gasteiger charge is -2.09. The molecule has 0 radical (unpaired) electrons. The van der Waals surface area contributed by atoms with Gasteiger partial charge in [0.05, 0.1) is 12.6 Å². The van der Waals surface area contributed by atoms with Crippen molar-refractivity contribution in [2.45, 2.75) is 6.54 Å². The van der Waals surface area contributed by atoms with Crippen LogP contribution in [0.5, 0.6) is 5.75 Å². The first-order valence-corrected chi connectivity index (χ1v) is 8.14. The van der Waals surface area contributed by atoms with Crippen molar-refractivity contribution in [1.29, 1.82) is 0 Å². The number of hydrogen-bond acceptors (Lipinski definition) is 3. The Bertz CT molecular complexity index is 850. The molecular weight excluding hydrogens is 312 g/mol. The smallest absolute Gasteiger partial charge is 0.232 e. The van der Waals surface area contributed by atoms with Crippen molar-refractivity contribution in [3.05, 3.63) is 60.3 Å². The average molecular weight is 328 g/mol. The van der Waals surface area contributed by atoms with Crippen molar-refractivity contribution in [1.82, 2.24) is 9.71 Å². The first-order valence-electron chi connectivity index (χ1n) is 7.04. The predicted molar refractivity (Wildman–Crippen MR) is 91.3 cm³/mol. The summed E-state index contributed by atoms with van der Waals surface area (Å²) in [7, 11) is 1.64. The predicted octanol–water partition coefficient (Wildman–Crippen LogP) is 3.14. The molecule has 6 heteroatoms. The third kappa shape index (κ3) is 3.56. The molecule has 2 N–H and O–H groups in total. The van der Waals surface area contributed by atoms with Gasteiger partial charge in [-0.1, -0.05) is 24.3 Å². The first-order chi connectivity index (χ1) is 11.2. The van der Waals surface area contributed by atoms with E-state index < -0.39 is 11.3 Å². The number of pyridine rings is 1. The fraction of sp³-hybridized carbons (Fsp3) is 0.118. The van der Waals surface area contributed by atoms with Crippen LogP contribution in [0.3, 0.4) is 0 Å². The Morgan fingerprint density at radius 1 is 1.17 bits per heavy atom. The summed E-state index contributed by atoms with van der Waals surface area (Å²) in [6.45, 7) is 0.345. The van der Waals surface area contributed by atoms with Crippen LogP contribution in [0.15, 0.2) is 54.7 Å². The maximum atomic E-state index is 10.6. The van der Waals surface area contributed by atoms with Gasteiger partial charge in [-0.25, -0.2) is 8.93 Å². The zero-order chi connectivity index (χ0) is 16.2. The number of methoxy groups -OCH3 is 1. The van der Waals surface area contributed by atoms with Gasteiger partial charge in [0, 0.05) is 24.2 Å². The van der Waals surface area contributed by atoms with Gasteiger partial charge in [-0.05, 0) is 34.9 Å². The van der Waals surface area contributed by atoms with E-state index in [-0.39, 0.29) is 0 Å². The number of hydrogen-bond donors (Lipinski definition) is 2. The molecular formula is C17H16N2O3S. The Morgan fingerprint density at radius 2 is 1.96 bits per heavy atom. The second kappa shape index (κ2) is 6.87. The molecule has 118 valence electrons. The number of fused-ring (bicyclic) bond motifs is 1. The number of rotatable bonds is 5. The molecule has 1 heterocycles. The van der Waals surface area contributed by atoms with Crippen LogP contribution in [0.25, 0.3) is 22.0 Å². The highest BCUT2D eigenvalue weighted by Gasteiger charge is 2.06. The number of ether oxygens (including phenoxy) is 1. The average Bonchev–Trinajstić information content (AvgIpc) is 2.59. The van der Waals surface area contributed by atoms with Gasteiger partial charge in [0.2, 0.25) is 11.3 Å². The zero-order valence-electron chi connectivity index (χ0n) is 12.5. The van der Waals surface area contributed by atoms with E-state index in [0.717, 1.165) is 33.3 Å². The van der Waals surface area contributed by atoms with E-state index in [0.29, 0.717) is 6.54 Å². The van der Waals surface area contributed by atoms with E-state index >= 15 is 0 Å². The van der Waals surface area contributed by atoms with Gasteiger partial charge >= 0.3 is 0 Å². The molecule has 0 amide bonds. The summed E-state index contributed by atoms with van der Waals surface area (Å²) >= 11 is -2.00. The Morgan fingerprint density at radius 3 is 2.65 bits per heavy atom. The quantitative estimate of drug-likeness (QED) is 0.706. The summed E-state index contributed by atoms with van der Waals surface area (Å²) < 4.78 is 27.1. The van der Waals surface area contributed by atoms with Crippen molar-refractivity contribution < 1.29 is 13.5 Å². The largest absolute Gasteiger partial charge is 0.497 e. The van der Waals surface area contributed by atoms with Gasteiger partial charge in [0.15, 0.2) is 0 Å². The van der Waals surface area contributed by atoms with Crippen LogP contribution in [-0.4, -0.2) is 20.9 Å². The molecule has 0 fully saturated rings. The summed E-state index contributed by atoms with van der Waals surface area (Å²) in [5.41, 5.74) is 3.97. The van der Waals surface area contributed by atoms with Gasteiger partial charge in [-0.2, -0.15) is 0 Å². The molecule has 23 heavy (non-hydrogen) atoms. The maximum Gasteiger partial charge on any atom is 0.232 e. The van der Waals surface area contributed by atoms with Crippen molar-refractivity contribution in [2.75, 3.05) is 7.11 Å². The number of nitrogens with zero attached hydrogens (tertiary/aromatic N) is 1. The molecule has 0 saturated carbocycles. The van der Waals surface area contributed by atoms with Gasteiger partial charge in [-0.15, -0.1) is 0 Å². The summed E-state index contributed by atoms with van der Waals surface area (Å²) in [6, 6.07) is 15.7. The molecule has 1 aromatic heterocycles. The van der Waals surface area contributed by atoms with Gasteiger partial charge in [0.25, 0.3) is 0 Å². The first kappa shape index (κ1) is 15.6. The molecule has 1 unspecified atom stereocenters. The minimum atomic E-state index is -2.00. The van der Waals surface area contributed by atoms with E-state index in [9.17, 15) is 4.21 Å². The Balaban J connectivity index is 1.95. The van der Waals surface area contributed by atoms with Crippen LogP contribution < -0.4 is 9.46 Å². The molecule has 3 rings (SSSR count). The molecule has 3 aromatic rings. The lowest BCUT2D eigenvalue weighted by Crippen LogP contribution is -2.15. The van der Waals surface area contributed by atoms with Crippen LogP contribution in [0, 0.1) is 0 Å². The molecule has 2 aromatic carbocycles. The van der Waals surface area contributed by atoms with Crippen LogP contribution in [-0.2, 0) is 17.8 Å². The van der Waals surface area contributed by atoms with Crippen LogP contribution in [0.2, 0.25) is 0 Å². The van der Waals surface area contributed by atoms with Gasteiger partial charge < -0.3 is 4.74 Å². The second-order valence-corrected chi connectivity index (χ2v) is 5.80. The molecule has 1 atom stereocenters. The van der Waals surface area contributed by atoms with E-state index in [1.165, 1.54) is 0 Å². The van der Waals surface area contributed by atoms with Crippen molar-refractivity contribution in [3.8, 4) is 16.9 Å². The molecule has 0 aliphatic carbocycles. The Labute approximate surface area is 136 Å². The lowest BCUT2D eigenvalue weighted by atomic mass is 10.00. The SMILES string of the molecule is COc1ccc2c(-c3ccc(CNS(=O)O)cc3)ccnc2c1. The highest BCUT2D eigenvalue weighted by molar-refractivity contribution is 7.77. The Kier molecular flexibility index (Phi) is 4.66. The molecule has 0 bridgehead atoms. The monoisotopic (exact) mass is 328 g/mol. The highest BCUT2D eigenvalue weighted by atomic mass is 32.2. The van der Waals surface area contributed by atoms with Crippen LogP contribution in [0.4, 0.5) is 0 Å². The Hall–Kier alpha value is -2.28. The molecule has 0 aliphatic heterocycles. The van der Waals surface area contributed by atoms with Crippen LogP contribution in [0.1, 0.15) is 5.56 Å². The summed E-state index contributed by atoms with van der Waals surface area (Å²) in [5.74, 6) is 0.778. The van der Waals surface area contributed by atoms with E-state index in [1.54, 1.807) is 13.3 Å². The maximum absolute atomic E-state index is 10.6. The topological polar surface area (TPSA) is 71.5 Å². The molecule has 0 aliphatic rings. The number of aromatic nitrogens is 1. The van der Waals surface area contributed by atoms with Gasteiger partial charge in [0.1, 0.15) is 5.75 Å². The van der Waals surface area contributed by atoms with Crippen LogP contribution >= 0.6 is 0 Å². The van der Waals surface area contributed by atoms with E-state index in [1.807, 2.05) is 48.5 Å².